The van der Waals surface area contributed by atoms with Crippen molar-refractivity contribution in [2.24, 2.45) is 0 Å². The molecule has 0 saturated carbocycles. The van der Waals surface area contributed by atoms with Crippen LogP contribution in [-0.4, -0.2) is 30.6 Å². The summed E-state index contributed by atoms with van der Waals surface area (Å²) in [6.07, 6.45) is 0.316. The Labute approximate surface area is 130 Å². The molecule has 0 fully saturated rings. The number of halogens is 1. The van der Waals surface area contributed by atoms with Crippen LogP contribution in [0.25, 0.3) is 10.2 Å². The highest BCUT2D eigenvalue weighted by Crippen LogP contribution is 2.28. The summed E-state index contributed by atoms with van der Waals surface area (Å²) in [6, 6.07) is 5.38. The molecule has 0 spiro atoms. The molecule has 1 aromatic heterocycles. The highest BCUT2D eigenvalue weighted by molar-refractivity contribution is 7.22. The minimum absolute atomic E-state index is 0.146. The van der Waals surface area contributed by atoms with Gasteiger partial charge in [0.25, 0.3) is 0 Å². The lowest BCUT2D eigenvalue weighted by atomic mass is 10.3. The SMILES string of the molecule is COC(=O)NCCCC(=O)Nc1nc2ccc(Cl)cc2s1. The van der Waals surface area contributed by atoms with E-state index in [9.17, 15) is 9.59 Å². The number of hydrogen-bond acceptors (Lipinski definition) is 5. The largest absolute Gasteiger partial charge is 0.453 e. The van der Waals surface area contributed by atoms with E-state index in [2.05, 4.69) is 20.4 Å². The fourth-order valence-electron chi connectivity index (χ4n) is 1.65. The quantitative estimate of drug-likeness (QED) is 0.827. The maximum Gasteiger partial charge on any atom is 0.406 e. The molecule has 2 rings (SSSR count). The van der Waals surface area contributed by atoms with Gasteiger partial charge in [-0.3, -0.25) is 4.79 Å². The Morgan fingerprint density at radius 2 is 2.24 bits per heavy atom. The zero-order valence-corrected chi connectivity index (χ0v) is 12.9. The van der Waals surface area contributed by atoms with E-state index >= 15 is 0 Å². The molecule has 6 nitrogen and oxygen atoms in total. The summed E-state index contributed by atoms with van der Waals surface area (Å²) in [7, 11) is 1.29. The lowest BCUT2D eigenvalue weighted by Crippen LogP contribution is -2.25. The monoisotopic (exact) mass is 327 g/mol. The molecule has 0 radical (unpaired) electrons. The van der Waals surface area contributed by atoms with Gasteiger partial charge in [-0.1, -0.05) is 22.9 Å². The Bertz CT molecular complexity index is 659. The highest BCUT2D eigenvalue weighted by atomic mass is 35.5. The second kappa shape index (κ2) is 7.24. The molecule has 1 heterocycles. The summed E-state index contributed by atoms with van der Waals surface area (Å²) < 4.78 is 5.35. The molecule has 0 saturated heterocycles. The third-order valence-corrected chi connectivity index (χ3v) is 3.80. The van der Waals surface area contributed by atoms with Gasteiger partial charge in [-0.25, -0.2) is 9.78 Å². The molecule has 0 atom stereocenters. The summed E-state index contributed by atoms with van der Waals surface area (Å²) in [5.74, 6) is -0.146. The molecule has 8 heteroatoms. The number of anilines is 1. The number of hydrogen-bond donors (Lipinski definition) is 2. The number of rotatable bonds is 5. The van der Waals surface area contributed by atoms with E-state index in [1.807, 2.05) is 12.1 Å². The predicted molar refractivity (Wildman–Crippen MR) is 82.9 cm³/mol. The van der Waals surface area contributed by atoms with Gasteiger partial charge in [0.1, 0.15) is 0 Å². The van der Waals surface area contributed by atoms with Crippen molar-refractivity contribution in [3.63, 3.8) is 0 Å². The Balaban J connectivity index is 1.82. The second-order valence-corrected chi connectivity index (χ2v) is 5.67. The van der Waals surface area contributed by atoms with Crippen LogP contribution < -0.4 is 10.6 Å². The first-order chi connectivity index (χ1) is 10.1. The van der Waals surface area contributed by atoms with Crippen molar-refractivity contribution < 1.29 is 14.3 Å². The van der Waals surface area contributed by atoms with E-state index in [-0.39, 0.29) is 5.91 Å². The minimum atomic E-state index is -0.501. The van der Waals surface area contributed by atoms with Crippen LogP contribution in [0.3, 0.4) is 0 Å². The highest BCUT2D eigenvalue weighted by Gasteiger charge is 2.08. The van der Waals surface area contributed by atoms with Gasteiger partial charge in [-0.15, -0.1) is 0 Å². The fourth-order valence-corrected chi connectivity index (χ4v) is 2.80. The van der Waals surface area contributed by atoms with E-state index in [0.29, 0.717) is 29.5 Å². The molecule has 1 aromatic carbocycles. The van der Waals surface area contributed by atoms with Crippen LogP contribution in [0.15, 0.2) is 18.2 Å². The Morgan fingerprint density at radius 1 is 1.43 bits per heavy atom. The molecule has 0 bridgehead atoms. The van der Waals surface area contributed by atoms with Crippen LogP contribution in [0.5, 0.6) is 0 Å². The standard InChI is InChI=1S/C13H14ClN3O3S/c1-20-13(19)15-6-2-3-11(18)17-12-16-9-5-4-8(14)7-10(9)21-12/h4-5,7H,2-3,6H2,1H3,(H,15,19)(H,16,17,18). The van der Waals surface area contributed by atoms with E-state index in [1.54, 1.807) is 6.07 Å². The van der Waals surface area contributed by atoms with Gasteiger partial charge in [0.05, 0.1) is 17.3 Å². The molecule has 2 aromatic rings. The van der Waals surface area contributed by atoms with E-state index in [4.69, 9.17) is 11.6 Å². The summed E-state index contributed by atoms with van der Waals surface area (Å²) in [5.41, 5.74) is 0.798. The van der Waals surface area contributed by atoms with Gasteiger partial charge in [0.15, 0.2) is 5.13 Å². The maximum atomic E-state index is 11.8. The fraction of sp³-hybridized carbons (Fsp3) is 0.308. The zero-order chi connectivity index (χ0) is 15.2. The summed E-state index contributed by atoms with van der Waals surface area (Å²) >= 11 is 7.27. The zero-order valence-electron chi connectivity index (χ0n) is 11.3. The maximum absolute atomic E-state index is 11.8. The van der Waals surface area contributed by atoms with Crippen molar-refractivity contribution in [3.05, 3.63) is 23.2 Å². The molecular weight excluding hydrogens is 314 g/mol. The first kappa shape index (κ1) is 15.5. The number of methoxy groups -OCH3 is 1. The normalized spacial score (nSPS) is 10.4. The second-order valence-electron chi connectivity index (χ2n) is 4.20. The minimum Gasteiger partial charge on any atom is -0.453 e. The van der Waals surface area contributed by atoms with Crippen LogP contribution >= 0.6 is 22.9 Å². The van der Waals surface area contributed by atoms with Crippen LogP contribution in [0, 0.1) is 0 Å². The summed E-state index contributed by atoms with van der Waals surface area (Å²) in [6.45, 7) is 0.384. The summed E-state index contributed by atoms with van der Waals surface area (Å²) in [5, 5.41) is 6.42. The van der Waals surface area contributed by atoms with Gasteiger partial charge in [0.2, 0.25) is 5.91 Å². The number of benzene rings is 1. The first-order valence-corrected chi connectivity index (χ1v) is 7.45. The van der Waals surface area contributed by atoms with Gasteiger partial charge in [0, 0.05) is 18.0 Å². The van der Waals surface area contributed by atoms with E-state index < -0.39 is 6.09 Å². The third kappa shape index (κ3) is 4.57. The molecule has 2 amide bonds. The van der Waals surface area contributed by atoms with E-state index in [0.717, 1.165) is 10.2 Å². The van der Waals surface area contributed by atoms with Gasteiger partial charge in [-0.2, -0.15) is 0 Å². The van der Waals surface area contributed by atoms with Crippen LogP contribution in [0.1, 0.15) is 12.8 Å². The topological polar surface area (TPSA) is 80.3 Å². The number of nitrogens with one attached hydrogen (secondary N) is 2. The average Bonchev–Trinajstić information content (AvgIpc) is 2.84. The van der Waals surface area contributed by atoms with E-state index in [1.165, 1.54) is 18.4 Å². The number of carbonyl (C=O) groups is 2. The van der Waals surface area contributed by atoms with Gasteiger partial charge in [-0.05, 0) is 24.6 Å². The van der Waals surface area contributed by atoms with Gasteiger partial charge < -0.3 is 15.4 Å². The molecule has 0 aliphatic carbocycles. The third-order valence-electron chi connectivity index (χ3n) is 2.63. The number of alkyl carbamates (subject to hydrolysis) is 1. The van der Waals surface area contributed by atoms with Crippen LogP contribution in [0.2, 0.25) is 5.02 Å². The molecule has 0 aliphatic rings. The predicted octanol–water partition coefficient (Wildman–Crippen LogP) is 3.02. The Morgan fingerprint density at radius 3 is 3.00 bits per heavy atom. The van der Waals surface area contributed by atoms with Crippen molar-refractivity contribution in [1.82, 2.24) is 10.3 Å². The number of nitrogens with zero attached hydrogens (tertiary/aromatic N) is 1. The lowest BCUT2D eigenvalue weighted by molar-refractivity contribution is -0.116. The average molecular weight is 328 g/mol. The smallest absolute Gasteiger partial charge is 0.406 e. The number of amides is 2. The lowest BCUT2D eigenvalue weighted by Gasteiger charge is -2.03. The summed E-state index contributed by atoms with van der Waals surface area (Å²) in [4.78, 5) is 26.9. The molecule has 0 aliphatic heterocycles. The Hall–Kier alpha value is -1.86. The van der Waals surface area contributed by atoms with Crippen molar-refractivity contribution in [1.29, 1.82) is 0 Å². The van der Waals surface area contributed by atoms with Crippen molar-refractivity contribution in [2.45, 2.75) is 12.8 Å². The number of ether oxygens (including phenoxy) is 1. The molecular formula is C13H14ClN3O3S. The van der Waals surface area contributed by atoms with Crippen molar-refractivity contribution in [2.75, 3.05) is 19.0 Å². The number of thiazole rings is 1. The Kier molecular flexibility index (Phi) is 5.35. The molecule has 112 valence electrons. The van der Waals surface area contributed by atoms with Crippen molar-refractivity contribution in [3.8, 4) is 0 Å². The molecule has 2 N–H and O–H groups in total. The van der Waals surface area contributed by atoms with Crippen LogP contribution in [-0.2, 0) is 9.53 Å². The van der Waals surface area contributed by atoms with Crippen LogP contribution in [0.4, 0.5) is 9.93 Å². The number of carbonyl (C=O) groups excluding carboxylic acids is 2. The van der Waals surface area contributed by atoms with Gasteiger partial charge >= 0.3 is 6.09 Å². The molecule has 0 unspecified atom stereocenters. The first-order valence-electron chi connectivity index (χ1n) is 6.26. The molecule has 21 heavy (non-hydrogen) atoms. The number of aromatic nitrogens is 1. The van der Waals surface area contributed by atoms with Crippen molar-refractivity contribution >= 4 is 50.3 Å². The number of fused-ring (bicyclic) bond motifs is 1.